The van der Waals surface area contributed by atoms with E-state index in [1.54, 1.807) is 24.3 Å². The maximum absolute atomic E-state index is 10.6. The molecule has 1 fully saturated rings. The molecule has 0 saturated heterocycles. The molecule has 3 unspecified atom stereocenters. The van der Waals surface area contributed by atoms with Crippen LogP contribution in [0.15, 0.2) is 36.4 Å². The second kappa shape index (κ2) is 14.2. The number of phenols is 1. The largest absolute Gasteiger partial charge is 0.504 e. The van der Waals surface area contributed by atoms with Crippen LogP contribution in [0.2, 0.25) is 0 Å². The molecule has 1 aliphatic rings. The summed E-state index contributed by atoms with van der Waals surface area (Å²) in [4.78, 5) is 11.0. The van der Waals surface area contributed by atoms with Gasteiger partial charge in [-0.25, -0.2) is 0 Å². The quantitative estimate of drug-likeness (QED) is 0.0981. The molecule has 0 aliphatic heterocycles. The summed E-state index contributed by atoms with van der Waals surface area (Å²) >= 11 is 1.98. The molecule has 0 bridgehead atoms. The van der Waals surface area contributed by atoms with Crippen LogP contribution in [-0.2, 0) is 0 Å². The van der Waals surface area contributed by atoms with Crippen molar-refractivity contribution in [2.45, 2.75) is 57.1 Å². The van der Waals surface area contributed by atoms with Crippen molar-refractivity contribution in [1.82, 2.24) is 10.6 Å². The number of methoxy groups -OCH3 is 1. The molecule has 0 spiro atoms. The van der Waals surface area contributed by atoms with Crippen LogP contribution in [0, 0.1) is 18.3 Å². The molecule has 36 heavy (non-hydrogen) atoms. The molecule has 4 N–H and O–H groups in total. The second-order valence-electron chi connectivity index (χ2n) is 9.23. The Labute approximate surface area is 218 Å². The third-order valence-corrected chi connectivity index (χ3v) is 7.74. The Hall–Kier alpha value is -2.57. The molecule has 1 aliphatic carbocycles. The number of phenolic OH excluding ortho intramolecular Hbond substituents is 1. The molecule has 1 saturated carbocycles. The summed E-state index contributed by atoms with van der Waals surface area (Å²) in [7, 11) is 1.54. The predicted molar refractivity (Wildman–Crippen MR) is 144 cm³/mol. The van der Waals surface area contributed by atoms with Crippen LogP contribution in [0.4, 0.5) is 0 Å². The van der Waals surface area contributed by atoms with Gasteiger partial charge in [-0.2, -0.15) is 11.8 Å². The Bertz CT molecular complexity index is 1010. The van der Waals surface area contributed by atoms with E-state index in [0.717, 1.165) is 17.2 Å². The van der Waals surface area contributed by atoms with Crippen molar-refractivity contribution in [3.8, 4) is 35.3 Å². The van der Waals surface area contributed by atoms with E-state index in [4.69, 9.17) is 20.9 Å². The number of thioether (sulfide) groups is 1. The predicted octanol–water partition coefficient (Wildman–Crippen LogP) is 4.95. The van der Waals surface area contributed by atoms with Crippen LogP contribution in [0.1, 0.15) is 62.9 Å². The lowest BCUT2D eigenvalue weighted by Gasteiger charge is -2.26. The first-order valence-corrected chi connectivity index (χ1v) is 13.5. The number of aromatic hydroxyl groups is 1. The minimum Gasteiger partial charge on any atom is -0.504 e. The molecular formula is C28H38N2O5S. The van der Waals surface area contributed by atoms with Crippen molar-refractivity contribution >= 4 is 11.8 Å². The highest BCUT2D eigenvalue weighted by Crippen LogP contribution is 2.34. The second-order valence-corrected chi connectivity index (χ2v) is 10.6. The SMILES string of the molecule is C#CCNC(C)c1ccc(OC)c(OOc2cc(C(O)NCCSC3CCC[C@H](C)C3)ccc2O)c1. The maximum Gasteiger partial charge on any atom is 0.220 e. The van der Waals surface area contributed by atoms with E-state index in [1.165, 1.54) is 38.9 Å². The molecule has 7 nitrogen and oxygen atoms in total. The lowest BCUT2D eigenvalue weighted by molar-refractivity contribution is -0.103. The van der Waals surface area contributed by atoms with Gasteiger partial charge in [0.2, 0.25) is 11.5 Å². The van der Waals surface area contributed by atoms with Crippen molar-refractivity contribution in [2.75, 3.05) is 26.0 Å². The Morgan fingerprint density at radius 3 is 2.58 bits per heavy atom. The fourth-order valence-electron chi connectivity index (χ4n) is 4.28. The van der Waals surface area contributed by atoms with E-state index in [1.807, 2.05) is 24.8 Å². The Kier molecular flexibility index (Phi) is 11.1. The molecule has 0 radical (unpaired) electrons. The van der Waals surface area contributed by atoms with Gasteiger partial charge in [0.25, 0.3) is 0 Å². The summed E-state index contributed by atoms with van der Waals surface area (Å²) in [6.45, 7) is 5.44. The first-order valence-electron chi connectivity index (χ1n) is 12.5. The third kappa shape index (κ3) is 8.24. The molecule has 0 heterocycles. The van der Waals surface area contributed by atoms with Gasteiger partial charge in [0.05, 0.1) is 13.7 Å². The highest BCUT2D eigenvalue weighted by atomic mass is 32.2. The molecule has 0 aromatic heterocycles. The van der Waals surface area contributed by atoms with Crippen LogP contribution in [0.25, 0.3) is 0 Å². The lowest BCUT2D eigenvalue weighted by Crippen LogP contribution is -2.25. The van der Waals surface area contributed by atoms with E-state index in [0.29, 0.717) is 35.4 Å². The maximum atomic E-state index is 10.6. The summed E-state index contributed by atoms with van der Waals surface area (Å²) < 4.78 is 5.37. The summed E-state index contributed by atoms with van der Waals surface area (Å²) in [6.07, 6.45) is 9.65. The lowest BCUT2D eigenvalue weighted by atomic mass is 9.91. The minimum absolute atomic E-state index is 0.00747. The van der Waals surface area contributed by atoms with Crippen molar-refractivity contribution in [2.24, 2.45) is 5.92 Å². The van der Waals surface area contributed by atoms with E-state index >= 15 is 0 Å². The molecular weight excluding hydrogens is 476 g/mol. The van der Waals surface area contributed by atoms with E-state index in [-0.39, 0.29) is 17.5 Å². The number of hydrogen-bond donors (Lipinski definition) is 4. The zero-order chi connectivity index (χ0) is 25.9. The highest BCUT2D eigenvalue weighted by molar-refractivity contribution is 7.99. The summed E-state index contributed by atoms with van der Waals surface area (Å²) in [5, 5.41) is 27.9. The van der Waals surface area contributed by atoms with Crippen molar-refractivity contribution in [3.63, 3.8) is 0 Å². The van der Waals surface area contributed by atoms with Crippen molar-refractivity contribution in [1.29, 1.82) is 0 Å². The van der Waals surface area contributed by atoms with Gasteiger partial charge in [-0.1, -0.05) is 37.8 Å². The highest BCUT2D eigenvalue weighted by Gasteiger charge is 2.19. The average molecular weight is 515 g/mol. The van der Waals surface area contributed by atoms with Crippen molar-refractivity contribution in [3.05, 3.63) is 47.5 Å². The number of aliphatic hydroxyl groups is 1. The average Bonchev–Trinajstić information content (AvgIpc) is 2.89. The topological polar surface area (TPSA) is 92.2 Å². The number of benzene rings is 2. The normalized spacial score (nSPS) is 19.2. The van der Waals surface area contributed by atoms with E-state index < -0.39 is 6.23 Å². The summed E-state index contributed by atoms with van der Waals surface area (Å²) in [5.41, 5.74) is 1.50. The van der Waals surface area contributed by atoms with Crippen molar-refractivity contribution < 1.29 is 24.7 Å². The van der Waals surface area contributed by atoms with Gasteiger partial charge in [-0.15, -0.1) is 6.42 Å². The molecule has 0 amide bonds. The smallest absolute Gasteiger partial charge is 0.220 e. The Morgan fingerprint density at radius 2 is 1.83 bits per heavy atom. The van der Waals surface area contributed by atoms with Crippen LogP contribution >= 0.6 is 11.8 Å². The van der Waals surface area contributed by atoms with Crippen LogP contribution in [0.5, 0.6) is 23.0 Å². The fourth-order valence-corrected chi connectivity index (χ4v) is 5.65. The minimum atomic E-state index is -0.889. The Balaban J connectivity index is 1.57. The monoisotopic (exact) mass is 514 g/mol. The zero-order valence-corrected chi connectivity index (χ0v) is 22.1. The zero-order valence-electron chi connectivity index (χ0n) is 21.3. The molecule has 2 aromatic rings. The molecule has 8 heteroatoms. The third-order valence-electron chi connectivity index (χ3n) is 6.40. The summed E-state index contributed by atoms with van der Waals surface area (Å²) in [5.74, 6) is 5.11. The van der Waals surface area contributed by atoms with Gasteiger partial charge in [-0.3, -0.25) is 20.4 Å². The first kappa shape index (κ1) is 28.0. The number of ether oxygens (including phenoxy) is 1. The number of hydrogen-bond acceptors (Lipinski definition) is 8. The fraction of sp³-hybridized carbons (Fsp3) is 0.500. The van der Waals surface area contributed by atoms with Crippen LogP contribution in [0.3, 0.4) is 0 Å². The molecule has 4 atom stereocenters. The molecule has 196 valence electrons. The van der Waals surface area contributed by atoms with Gasteiger partial charge in [0.15, 0.2) is 11.5 Å². The van der Waals surface area contributed by atoms with Gasteiger partial charge in [0, 0.05) is 23.6 Å². The number of rotatable bonds is 13. The Morgan fingerprint density at radius 1 is 1.08 bits per heavy atom. The van der Waals surface area contributed by atoms with Gasteiger partial charge in [-0.05, 0) is 61.1 Å². The van der Waals surface area contributed by atoms with Gasteiger partial charge < -0.3 is 14.9 Å². The van der Waals surface area contributed by atoms with Crippen LogP contribution < -0.4 is 25.1 Å². The first-order chi connectivity index (χ1) is 17.4. The number of aliphatic hydroxyl groups excluding tert-OH is 1. The van der Waals surface area contributed by atoms with Gasteiger partial charge in [0.1, 0.15) is 6.23 Å². The van der Waals surface area contributed by atoms with E-state index in [9.17, 15) is 10.2 Å². The molecule has 2 aromatic carbocycles. The summed E-state index contributed by atoms with van der Waals surface area (Å²) in [6, 6.07) is 10.1. The molecule has 3 rings (SSSR count). The van der Waals surface area contributed by atoms with E-state index in [2.05, 4.69) is 23.5 Å². The number of terminal acetylenes is 1. The van der Waals surface area contributed by atoms with Crippen LogP contribution in [-0.4, -0.2) is 41.4 Å². The van der Waals surface area contributed by atoms with Gasteiger partial charge >= 0.3 is 0 Å². The number of nitrogens with one attached hydrogen (secondary N) is 2. The standard InChI is InChI=1S/C28H38N2O5S/c1-5-13-29-20(3)21-10-12-25(33-4)27(17-21)35-34-26-18-22(9-11-24(26)31)28(32)30-14-15-36-23-8-6-7-19(2)16-23/h1,9-12,17-20,23,28-32H,6-8,13-16H2,2-4H3/t19-,20?,23?,28?/m0/s1.